The van der Waals surface area contributed by atoms with Crippen molar-refractivity contribution in [3.8, 4) is 0 Å². The van der Waals surface area contributed by atoms with Crippen LogP contribution in [0.5, 0.6) is 0 Å². The molecule has 0 fully saturated rings. The number of aromatic nitrogens is 1. The maximum absolute atomic E-state index is 13.0. The molecule has 3 rings (SSSR count). The summed E-state index contributed by atoms with van der Waals surface area (Å²) in [6.07, 6.45) is 3.57. The minimum Gasteiger partial charge on any atom is -0.385 e. The molecule has 0 aliphatic heterocycles. The Hall–Kier alpha value is -1.74. The molecule has 0 amide bonds. The Morgan fingerprint density at radius 2 is 2.00 bits per heavy atom. The van der Waals surface area contributed by atoms with E-state index in [2.05, 4.69) is 11.1 Å². The third kappa shape index (κ3) is 2.04. The summed E-state index contributed by atoms with van der Waals surface area (Å²) in [6, 6.07) is 10.1. The molecule has 19 heavy (non-hydrogen) atoms. The summed E-state index contributed by atoms with van der Waals surface area (Å²) in [7, 11) is 0. The minimum absolute atomic E-state index is 0.0332. The van der Waals surface area contributed by atoms with Gasteiger partial charge >= 0.3 is 0 Å². The molecule has 0 spiro atoms. The number of rotatable bonds is 2. The van der Waals surface area contributed by atoms with Gasteiger partial charge in [-0.1, -0.05) is 18.2 Å². The molecule has 1 heterocycles. The molecular formula is C16H16FNO. The number of benzene rings is 1. The molecule has 2 nitrogen and oxygen atoms in total. The van der Waals surface area contributed by atoms with Crippen LogP contribution in [0.2, 0.25) is 0 Å². The van der Waals surface area contributed by atoms with Gasteiger partial charge in [-0.2, -0.15) is 0 Å². The highest BCUT2D eigenvalue weighted by molar-refractivity contribution is 5.35. The van der Waals surface area contributed by atoms with E-state index >= 15 is 0 Å². The molecule has 2 atom stereocenters. The predicted molar refractivity (Wildman–Crippen MR) is 71.3 cm³/mol. The van der Waals surface area contributed by atoms with Crippen LogP contribution in [0, 0.1) is 5.82 Å². The molecule has 0 radical (unpaired) electrons. The molecule has 0 saturated carbocycles. The fourth-order valence-corrected chi connectivity index (χ4v) is 2.95. The fraction of sp³-hybridized carbons (Fsp3) is 0.312. The van der Waals surface area contributed by atoms with Crippen molar-refractivity contribution in [1.82, 2.24) is 4.98 Å². The second kappa shape index (κ2) is 4.42. The first-order chi connectivity index (χ1) is 9.09. The number of halogens is 1. The van der Waals surface area contributed by atoms with E-state index < -0.39 is 5.60 Å². The lowest BCUT2D eigenvalue weighted by Gasteiger charge is -2.30. The Labute approximate surface area is 111 Å². The van der Waals surface area contributed by atoms with Crippen molar-refractivity contribution in [3.05, 3.63) is 65.2 Å². The summed E-state index contributed by atoms with van der Waals surface area (Å²) in [4.78, 5) is 4.42. The van der Waals surface area contributed by atoms with Gasteiger partial charge in [-0.15, -0.1) is 0 Å². The quantitative estimate of drug-likeness (QED) is 0.896. The molecule has 1 aliphatic carbocycles. The maximum Gasteiger partial charge on any atom is 0.123 e. The molecule has 3 heteroatoms. The number of pyridine rings is 1. The van der Waals surface area contributed by atoms with E-state index in [0.717, 1.165) is 24.1 Å². The molecule has 98 valence electrons. The van der Waals surface area contributed by atoms with Gasteiger partial charge in [0.05, 0.1) is 5.60 Å². The van der Waals surface area contributed by atoms with Gasteiger partial charge in [-0.25, -0.2) is 4.39 Å². The Balaban J connectivity index is 2.00. The summed E-state index contributed by atoms with van der Waals surface area (Å²) in [5.74, 6) is -0.321. The van der Waals surface area contributed by atoms with E-state index in [9.17, 15) is 9.50 Å². The lowest BCUT2D eigenvalue weighted by atomic mass is 9.81. The predicted octanol–water partition coefficient (Wildman–Crippen LogP) is 3.16. The molecule has 0 saturated heterocycles. The first kappa shape index (κ1) is 12.3. The lowest BCUT2D eigenvalue weighted by molar-refractivity contribution is 0.0255. The first-order valence-corrected chi connectivity index (χ1v) is 6.51. The highest BCUT2D eigenvalue weighted by Gasteiger charge is 2.39. The van der Waals surface area contributed by atoms with Gasteiger partial charge in [0, 0.05) is 17.8 Å². The first-order valence-electron chi connectivity index (χ1n) is 6.51. The zero-order valence-corrected chi connectivity index (χ0v) is 10.8. The van der Waals surface area contributed by atoms with Gasteiger partial charge in [-0.3, -0.25) is 4.98 Å². The number of fused-ring (bicyclic) bond motifs is 1. The summed E-state index contributed by atoms with van der Waals surface area (Å²) in [5.41, 5.74) is 1.89. The molecule has 2 unspecified atom stereocenters. The summed E-state index contributed by atoms with van der Waals surface area (Å²) >= 11 is 0. The van der Waals surface area contributed by atoms with Crippen LogP contribution in [0.1, 0.15) is 36.1 Å². The van der Waals surface area contributed by atoms with Crippen LogP contribution in [0.3, 0.4) is 0 Å². The Morgan fingerprint density at radius 3 is 2.74 bits per heavy atom. The Bertz CT molecular complexity index is 592. The average molecular weight is 257 g/mol. The molecule has 2 aromatic rings. The van der Waals surface area contributed by atoms with Crippen molar-refractivity contribution in [1.29, 1.82) is 0 Å². The molecular weight excluding hydrogens is 241 g/mol. The number of hydrogen-bond donors (Lipinski definition) is 1. The smallest absolute Gasteiger partial charge is 0.123 e. The molecule has 1 aromatic carbocycles. The van der Waals surface area contributed by atoms with E-state index in [4.69, 9.17) is 0 Å². The van der Waals surface area contributed by atoms with Gasteiger partial charge in [0.15, 0.2) is 0 Å². The number of hydrogen-bond acceptors (Lipinski definition) is 2. The van der Waals surface area contributed by atoms with E-state index in [0.29, 0.717) is 0 Å². The van der Waals surface area contributed by atoms with Gasteiger partial charge in [0.2, 0.25) is 0 Å². The Kier molecular flexibility index (Phi) is 2.86. The summed E-state index contributed by atoms with van der Waals surface area (Å²) in [6.45, 7) is 1.79. The van der Waals surface area contributed by atoms with E-state index in [1.54, 1.807) is 25.3 Å². The lowest BCUT2D eigenvalue weighted by Crippen LogP contribution is -2.29. The topological polar surface area (TPSA) is 33.1 Å². The van der Waals surface area contributed by atoms with Crippen molar-refractivity contribution in [2.24, 2.45) is 0 Å². The summed E-state index contributed by atoms with van der Waals surface area (Å²) < 4.78 is 13.0. The van der Waals surface area contributed by atoms with E-state index in [1.165, 1.54) is 17.7 Å². The SMILES string of the molecule is CC(O)(c1ccc(F)cc1)C1CCc2cccnc21. The molecule has 1 N–H and O–H groups in total. The van der Waals surface area contributed by atoms with Crippen LogP contribution in [0.25, 0.3) is 0 Å². The minimum atomic E-state index is -1.02. The normalized spacial score (nSPS) is 20.9. The van der Waals surface area contributed by atoms with Crippen molar-refractivity contribution >= 4 is 0 Å². The standard InChI is InChI=1S/C16H16FNO/c1-16(19,12-5-7-13(17)8-6-12)14-9-4-11-3-2-10-18-15(11)14/h2-3,5-8,10,14,19H,4,9H2,1H3. The highest BCUT2D eigenvalue weighted by atomic mass is 19.1. The number of aliphatic hydroxyl groups is 1. The van der Waals surface area contributed by atoms with Gasteiger partial charge in [-0.05, 0) is 49.1 Å². The zero-order valence-electron chi connectivity index (χ0n) is 10.8. The van der Waals surface area contributed by atoms with Crippen molar-refractivity contribution < 1.29 is 9.50 Å². The monoisotopic (exact) mass is 257 g/mol. The summed E-state index contributed by atoms with van der Waals surface area (Å²) in [5, 5.41) is 10.9. The third-order valence-corrected chi connectivity index (χ3v) is 4.07. The van der Waals surface area contributed by atoms with Gasteiger partial charge in [0.1, 0.15) is 5.82 Å². The van der Waals surface area contributed by atoms with Crippen LogP contribution in [-0.2, 0) is 12.0 Å². The largest absolute Gasteiger partial charge is 0.385 e. The number of nitrogens with zero attached hydrogens (tertiary/aromatic N) is 1. The molecule has 1 aromatic heterocycles. The molecule has 0 bridgehead atoms. The van der Waals surface area contributed by atoms with Crippen LogP contribution < -0.4 is 0 Å². The van der Waals surface area contributed by atoms with Crippen molar-refractivity contribution in [2.75, 3.05) is 0 Å². The van der Waals surface area contributed by atoms with Gasteiger partial charge in [0.25, 0.3) is 0 Å². The van der Waals surface area contributed by atoms with Crippen LogP contribution in [0.15, 0.2) is 42.6 Å². The van der Waals surface area contributed by atoms with Crippen molar-refractivity contribution in [2.45, 2.75) is 31.3 Å². The van der Waals surface area contributed by atoms with Gasteiger partial charge < -0.3 is 5.11 Å². The zero-order chi connectivity index (χ0) is 13.5. The number of aryl methyl sites for hydroxylation is 1. The van der Waals surface area contributed by atoms with Crippen LogP contribution >= 0.6 is 0 Å². The maximum atomic E-state index is 13.0. The Morgan fingerprint density at radius 1 is 1.26 bits per heavy atom. The third-order valence-electron chi connectivity index (χ3n) is 4.07. The van der Waals surface area contributed by atoms with Crippen LogP contribution in [0.4, 0.5) is 4.39 Å². The van der Waals surface area contributed by atoms with E-state index in [1.807, 2.05) is 6.07 Å². The second-order valence-corrected chi connectivity index (χ2v) is 5.29. The van der Waals surface area contributed by atoms with Crippen molar-refractivity contribution in [3.63, 3.8) is 0 Å². The van der Waals surface area contributed by atoms with E-state index in [-0.39, 0.29) is 11.7 Å². The fourth-order valence-electron chi connectivity index (χ4n) is 2.95. The second-order valence-electron chi connectivity index (χ2n) is 5.29. The average Bonchev–Trinajstić information content (AvgIpc) is 2.83. The molecule has 1 aliphatic rings. The van der Waals surface area contributed by atoms with Crippen LogP contribution in [-0.4, -0.2) is 10.1 Å². The highest BCUT2D eigenvalue weighted by Crippen LogP contribution is 2.44.